The van der Waals surface area contributed by atoms with E-state index >= 15 is 0 Å². The van der Waals surface area contributed by atoms with Crippen LogP contribution in [-0.2, 0) is 0 Å². The van der Waals surface area contributed by atoms with Gasteiger partial charge in [-0.15, -0.1) is 0 Å². The molecule has 0 atom stereocenters. The zero-order chi connectivity index (χ0) is 11.5. The largest absolute Gasteiger partial charge is 0.504 e. The van der Waals surface area contributed by atoms with Gasteiger partial charge in [-0.05, 0) is 49.3 Å². The van der Waals surface area contributed by atoms with Gasteiger partial charge in [0.1, 0.15) is 0 Å². The molecule has 0 unspecified atom stereocenters. The molecule has 88 valence electrons. The van der Waals surface area contributed by atoms with E-state index in [1.54, 1.807) is 13.2 Å². The van der Waals surface area contributed by atoms with Crippen molar-refractivity contribution in [3.63, 3.8) is 0 Å². The standard InChI is InChI=1S/C13H18O3/c1-16-13-8-10(4-7-12(13)15)9-2-5-11(14)6-3-9/h4,7-9,11,14-15H,2-3,5-6H2,1H3. The van der Waals surface area contributed by atoms with Gasteiger partial charge in [-0.3, -0.25) is 0 Å². The van der Waals surface area contributed by atoms with Gasteiger partial charge in [0.05, 0.1) is 13.2 Å². The van der Waals surface area contributed by atoms with Gasteiger partial charge in [0, 0.05) is 0 Å². The summed E-state index contributed by atoms with van der Waals surface area (Å²) in [6.07, 6.45) is 3.63. The molecule has 1 aliphatic rings. The first-order valence-electron chi connectivity index (χ1n) is 5.75. The number of aromatic hydroxyl groups is 1. The topological polar surface area (TPSA) is 49.7 Å². The third-order valence-corrected chi connectivity index (χ3v) is 3.37. The maximum atomic E-state index is 9.51. The summed E-state index contributed by atoms with van der Waals surface area (Å²) in [7, 11) is 1.56. The van der Waals surface area contributed by atoms with Gasteiger partial charge in [-0.1, -0.05) is 6.07 Å². The van der Waals surface area contributed by atoms with E-state index < -0.39 is 0 Å². The number of methoxy groups -OCH3 is 1. The minimum Gasteiger partial charge on any atom is -0.504 e. The maximum Gasteiger partial charge on any atom is 0.160 e. The number of benzene rings is 1. The Kier molecular flexibility index (Phi) is 3.34. The molecule has 2 N–H and O–H groups in total. The molecule has 3 heteroatoms. The van der Waals surface area contributed by atoms with Crippen molar-refractivity contribution in [1.29, 1.82) is 0 Å². The van der Waals surface area contributed by atoms with Gasteiger partial charge in [0.2, 0.25) is 0 Å². The Hall–Kier alpha value is -1.22. The van der Waals surface area contributed by atoms with E-state index in [9.17, 15) is 10.2 Å². The number of phenolic OH excluding ortho intramolecular Hbond substituents is 1. The van der Waals surface area contributed by atoms with E-state index in [0.717, 1.165) is 25.7 Å². The van der Waals surface area contributed by atoms with Crippen molar-refractivity contribution in [2.75, 3.05) is 7.11 Å². The summed E-state index contributed by atoms with van der Waals surface area (Å²) < 4.78 is 5.10. The Labute approximate surface area is 95.7 Å². The number of rotatable bonds is 2. The molecule has 0 spiro atoms. The van der Waals surface area contributed by atoms with E-state index in [1.165, 1.54) is 5.56 Å². The van der Waals surface area contributed by atoms with Crippen LogP contribution in [0.3, 0.4) is 0 Å². The van der Waals surface area contributed by atoms with Crippen molar-refractivity contribution in [3.05, 3.63) is 23.8 Å². The molecule has 0 radical (unpaired) electrons. The molecule has 0 aliphatic heterocycles. The molecule has 0 aromatic heterocycles. The molecule has 16 heavy (non-hydrogen) atoms. The summed E-state index contributed by atoms with van der Waals surface area (Å²) in [4.78, 5) is 0. The van der Waals surface area contributed by atoms with Crippen LogP contribution < -0.4 is 4.74 Å². The van der Waals surface area contributed by atoms with E-state index in [-0.39, 0.29) is 11.9 Å². The molecule has 1 aromatic rings. The quantitative estimate of drug-likeness (QED) is 0.808. The van der Waals surface area contributed by atoms with Crippen molar-refractivity contribution < 1.29 is 14.9 Å². The van der Waals surface area contributed by atoms with Crippen molar-refractivity contribution in [1.82, 2.24) is 0 Å². The molecule has 3 nitrogen and oxygen atoms in total. The second-order valence-corrected chi connectivity index (χ2v) is 4.44. The summed E-state index contributed by atoms with van der Waals surface area (Å²) in [5, 5.41) is 19.0. The zero-order valence-electron chi connectivity index (χ0n) is 9.52. The van der Waals surface area contributed by atoms with Crippen molar-refractivity contribution in [3.8, 4) is 11.5 Å². The third-order valence-electron chi connectivity index (χ3n) is 3.37. The second kappa shape index (κ2) is 4.74. The fourth-order valence-electron chi connectivity index (χ4n) is 2.36. The molecule has 0 heterocycles. The second-order valence-electron chi connectivity index (χ2n) is 4.44. The highest BCUT2D eigenvalue weighted by atomic mass is 16.5. The predicted molar refractivity (Wildman–Crippen MR) is 61.9 cm³/mol. The summed E-state index contributed by atoms with van der Waals surface area (Å²) in [5.41, 5.74) is 1.20. The van der Waals surface area contributed by atoms with Crippen molar-refractivity contribution in [2.45, 2.75) is 37.7 Å². The van der Waals surface area contributed by atoms with Crippen molar-refractivity contribution in [2.24, 2.45) is 0 Å². The Morgan fingerprint density at radius 1 is 1.19 bits per heavy atom. The summed E-state index contributed by atoms with van der Waals surface area (Å²) in [6, 6.07) is 5.52. The summed E-state index contributed by atoms with van der Waals surface area (Å²) in [6.45, 7) is 0. The van der Waals surface area contributed by atoms with Crippen LogP contribution in [0.2, 0.25) is 0 Å². The van der Waals surface area contributed by atoms with Crippen molar-refractivity contribution >= 4 is 0 Å². The molecule has 1 fully saturated rings. The lowest BCUT2D eigenvalue weighted by molar-refractivity contribution is 0.122. The smallest absolute Gasteiger partial charge is 0.160 e. The highest BCUT2D eigenvalue weighted by molar-refractivity contribution is 5.42. The molecule has 0 saturated heterocycles. The highest BCUT2D eigenvalue weighted by Gasteiger charge is 2.21. The zero-order valence-corrected chi connectivity index (χ0v) is 9.52. The van der Waals surface area contributed by atoms with Crippen LogP contribution in [0.4, 0.5) is 0 Å². The van der Waals surface area contributed by atoms with E-state index in [4.69, 9.17) is 4.74 Å². The number of ether oxygens (including phenoxy) is 1. The Morgan fingerprint density at radius 3 is 2.50 bits per heavy atom. The SMILES string of the molecule is COc1cc(C2CCC(O)CC2)ccc1O. The average molecular weight is 222 g/mol. The van der Waals surface area contributed by atoms with Gasteiger partial charge in [0.25, 0.3) is 0 Å². The minimum absolute atomic E-state index is 0.129. The van der Waals surface area contributed by atoms with Crippen LogP contribution in [0.1, 0.15) is 37.2 Å². The summed E-state index contributed by atoms with van der Waals surface area (Å²) in [5.74, 6) is 1.20. The predicted octanol–water partition coefficient (Wildman–Crippen LogP) is 2.42. The molecule has 2 rings (SSSR count). The molecule has 0 amide bonds. The Bertz CT molecular complexity index is 354. The Balaban J connectivity index is 2.14. The van der Waals surface area contributed by atoms with Crippen LogP contribution >= 0.6 is 0 Å². The van der Waals surface area contributed by atoms with Crippen LogP contribution in [0.25, 0.3) is 0 Å². The first kappa shape index (κ1) is 11.3. The van der Waals surface area contributed by atoms with Crippen LogP contribution in [0.5, 0.6) is 11.5 Å². The van der Waals surface area contributed by atoms with Crippen LogP contribution in [0, 0.1) is 0 Å². The third kappa shape index (κ3) is 2.30. The molecule has 1 saturated carbocycles. The number of aliphatic hydroxyl groups is 1. The number of phenols is 1. The van der Waals surface area contributed by atoms with Gasteiger partial charge in [0.15, 0.2) is 11.5 Å². The Morgan fingerprint density at radius 2 is 1.88 bits per heavy atom. The molecular formula is C13H18O3. The lowest BCUT2D eigenvalue weighted by atomic mass is 9.83. The van der Waals surface area contributed by atoms with E-state index in [2.05, 4.69) is 0 Å². The van der Waals surface area contributed by atoms with Gasteiger partial charge in [-0.2, -0.15) is 0 Å². The molecule has 1 aromatic carbocycles. The first-order chi connectivity index (χ1) is 7.70. The fourth-order valence-corrected chi connectivity index (χ4v) is 2.36. The maximum absolute atomic E-state index is 9.51. The number of hydrogen-bond acceptors (Lipinski definition) is 3. The molecular weight excluding hydrogens is 204 g/mol. The normalized spacial score (nSPS) is 25.4. The fraction of sp³-hybridized carbons (Fsp3) is 0.538. The average Bonchev–Trinajstić information content (AvgIpc) is 2.31. The van der Waals surface area contributed by atoms with Gasteiger partial charge < -0.3 is 14.9 Å². The van der Waals surface area contributed by atoms with Crippen LogP contribution in [0.15, 0.2) is 18.2 Å². The lowest BCUT2D eigenvalue weighted by Crippen LogP contribution is -2.16. The molecule has 0 bridgehead atoms. The number of aliphatic hydroxyl groups excluding tert-OH is 1. The van der Waals surface area contributed by atoms with E-state index in [0.29, 0.717) is 11.7 Å². The number of hydrogen-bond donors (Lipinski definition) is 2. The van der Waals surface area contributed by atoms with E-state index in [1.807, 2.05) is 12.1 Å². The molecule has 1 aliphatic carbocycles. The van der Waals surface area contributed by atoms with Gasteiger partial charge >= 0.3 is 0 Å². The lowest BCUT2D eigenvalue weighted by Gasteiger charge is -2.26. The summed E-state index contributed by atoms with van der Waals surface area (Å²) >= 11 is 0. The monoisotopic (exact) mass is 222 g/mol. The van der Waals surface area contributed by atoms with Crippen LogP contribution in [-0.4, -0.2) is 23.4 Å². The van der Waals surface area contributed by atoms with Gasteiger partial charge in [-0.25, -0.2) is 0 Å². The minimum atomic E-state index is -0.129. The highest BCUT2D eigenvalue weighted by Crippen LogP contribution is 2.36. The first-order valence-corrected chi connectivity index (χ1v) is 5.75.